The van der Waals surface area contributed by atoms with E-state index in [1.807, 2.05) is 0 Å². The lowest BCUT2D eigenvalue weighted by molar-refractivity contribution is -0.121. The first-order valence-electron chi connectivity index (χ1n) is 12.2. The van der Waals surface area contributed by atoms with Gasteiger partial charge >= 0.3 is 5.69 Å². The molecule has 1 amide bonds. The van der Waals surface area contributed by atoms with Crippen molar-refractivity contribution >= 4 is 5.91 Å². The van der Waals surface area contributed by atoms with Crippen LogP contribution in [0.4, 0.5) is 0 Å². The van der Waals surface area contributed by atoms with Gasteiger partial charge in [-0.25, -0.2) is 4.79 Å². The van der Waals surface area contributed by atoms with Crippen LogP contribution in [-0.4, -0.2) is 95.0 Å². The first-order chi connectivity index (χ1) is 16.9. The number of aromatic nitrogens is 2. The maximum Gasteiger partial charge on any atom is 0.328 e. The monoisotopic (exact) mass is 500 g/mol. The van der Waals surface area contributed by atoms with E-state index in [4.69, 9.17) is 10.5 Å². The number of aromatic amines is 1. The summed E-state index contributed by atoms with van der Waals surface area (Å²) in [6.07, 6.45) is 0.109. The zero-order valence-electron chi connectivity index (χ0n) is 20.1. The quantitative estimate of drug-likeness (QED) is 0.101. The molecule has 1 unspecified atom stereocenters. The van der Waals surface area contributed by atoms with Gasteiger partial charge in [0, 0.05) is 25.7 Å². The highest BCUT2D eigenvalue weighted by atomic mass is 16.6. The van der Waals surface area contributed by atoms with Crippen LogP contribution in [0, 0.1) is 0 Å². The molecule has 1 saturated heterocycles. The van der Waals surface area contributed by atoms with E-state index in [9.17, 15) is 29.7 Å². The summed E-state index contributed by atoms with van der Waals surface area (Å²) in [6.45, 7) is 4.33. The Bertz CT molecular complexity index is 877. The lowest BCUT2D eigenvalue weighted by Crippen LogP contribution is -2.37. The molecule has 1 fully saturated rings. The van der Waals surface area contributed by atoms with Gasteiger partial charge in [0.2, 0.25) is 5.91 Å². The number of rotatable bonds is 17. The number of nitrogens with zero attached hydrogens (tertiary/aromatic N) is 1. The molecule has 0 bridgehead atoms. The fraction of sp³-hybridized carbons (Fsp3) is 0.773. The molecule has 0 radical (unpaired) electrons. The zero-order chi connectivity index (χ0) is 25.6. The minimum Gasteiger partial charge on any atom is -0.394 e. The number of hydrogen-bond acceptors (Lipinski definition) is 10. The van der Waals surface area contributed by atoms with Crippen LogP contribution < -0.4 is 32.9 Å². The van der Waals surface area contributed by atoms with Gasteiger partial charge in [-0.2, -0.15) is 0 Å². The van der Waals surface area contributed by atoms with Gasteiger partial charge in [0.25, 0.3) is 5.56 Å². The van der Waals surface area contributed by atoms with Crippen molar-refractivity contribution in [1.82, 2.24) is 25.5 Å². The van der Waals surface area contributed by atoms with Gasteiger partial charge in [-0.05, 0) is 58.4 Å². The summed E-state index contributed by atoms with van der Waals surface area (Å²) in [4.78, 5) is 38.6. The number of aliphatic hydroxyl groups is 3. The Morgan fingerprint density at radius 1 is 1.03 bits per heavy atom. The first kappa shape index (κ1) is 29.1. The van der Waals surface area contributed by atoms with E-state index >= 15 is 0 Å². The molecule has 9 N–H and O–H groups in total. The first-order valence-corrected chi connectivity index (χ1v) is 12.2. The summed E-state index contributed by atoms with van der Waals surface area (Å²) >= 11 is 0. The average Bonchev–Trinajstić information content (AvgIpc) is 3.12. The van der Waals surface area contributed by atoms with Crippen LogP contribution in [0.5, 0.6) is 0 Å². The van der Waals surface area contributed by atoms with E-state index in [1.165, 1.54) is 6.20 Å². The molecule has 1 aliphatic rings. The van der Waals surface area contributed by atoms with Gasteiger partial charge in [-0.1, -0.05) is 0 Å². The lowest BCUT2D eigenvalue weighted by Gasteiger charge is -2.15. The highest BCUT2D eigenvalue weighted by Crippen LogP contribution is 2.31. The molecule has 13 nitrogen and oxygen atoms in total. The van der Waals surface area contributed by atoms with Crippen LogP contribution >= 0.6 is 0 Å². The summed E-state index contributed by atoms with van der Waals surface area (Å²) in [5.74, 6) is -0.235. The van der Waals surface area contributed by atoms with E-state index in [0.717, 1.165) is 56.4 Å². The molecule has 2 heterocycles. The number of aryl methyl sites for hydroxylation is 1. The van der Waals surface area contributed by atoms with Crippen molar-refractivity contribution in [2.75, 3.05) is 45.9 Å². The Kier molecular flexibility index (Phi) is 13.1. The molecule has 0 aliphatic carbocycles. The molecule has 13 heteroatoms. The number of carbonyl (C=O) groups is 1. The van der Waals surface area contributed by atoms with Crippen molar-refractivity contribution in [2.45, 2.75) is 63.1 Å². The summed E-state index contributed by atoms with van der Waals surface area (Å²) < 4.78 is 6.52. The molecule has 35 heavy (non-hydrogen) atoms. The molecular weight excluding hydrogens is 460 g/mol. The van der Waals surface area contributed by atoms with Crippen molar-refractivity contribution in [1.29, 1.82) is 0 Å². The van der Waals surface area contributed by atoms with Crippen molar-refractivity contribution < 1.29 is 24.9 Å². The third-order valence-corrected chi connectivity index (χ3v) is 5.83. The zero-order valence-corrected chi connectivity index (χ0v) is 20.1. The summed E-state index contributed by atoms with van der Waals surface area (Å²) in [7, 11) is 0. The van der Waals surface area contributed by atoms with Crippen molar-refractivity contribution in [3.8, 4) is 0 Å². The van der Waals surface area contributed by atoms with Gasteiger partial charge in [0.05, 0.1) is 12.2 Å². The Morgan fingerprint density at radius 3 is 2.31 bits per heavy atom. The SMILES string of the molecule is NCCCNCCCCNCCCNC(=O)CCn1cc([C@@H]2O[C@H](CO)[C@H](O)C2O)c(=O)[nH]c1=O. The van der Waals surface area contributed by atoms with Crippen LogP contribution in [0.1, 0.15) is 43.8 Å². The molecule has 4 atom stereocenters. The van der Waals surface area contributed by atoms with Crippen molar-refractivity contribution in [3.63, 3.8) is 0 Å². The Labute approximate surface area is 204 Å². The predicted molar refractivity (Wildman–Crippen MR) is 129 cm³/mol. The molecule has 1 aliphatic heterocycles. The number of nitrogens with one attached hydrogen (secondary N) is 4. The standard InChI is InChI=1S/C22H40N6O7/c23-6-3-9-24-7-1-2-8-25-10-4-11-26-17(30)5-12-28-13-15(21(33)27-22(28)34)20-19(32)18(31)16(14-29)35-20/h13,16,18-20,24-25,29,31-32H,1-12,14,23H2,(H,26,30)(H,27,33,34)/t16-,18+,19?,20+/m1/s1. The normalized spacial score (nSPS) is 21.9. The molecule has 200 valence electrons. The van der Waals surface area contributed by atoms with Crippen LogP contribution in [-0.2, 0) is 16.1 Å². The molecule has 0 aromatic carbocycles. The second-order valence-electron chi connectivity index (χ2n) is 8.60. The van der Waals surface area contributed by atoms with Gasteiger partial charge in [0.1, 0.15) is 24.4 Å². The van der Waals surface area contributed by atoms with E-state index in [-0.39, 0.29) is 24.4 Å². The number of unbranched alkanes of at least 4 members (excludes halogenated alkanes) is 1. The predicted octanol–water partition coefficient (Wildman–Crippen LogP) is -3.10. The molecule has 2 rings (SSSR count). The van der Waals surface area contributed by atoms with Crippen LogP contribution in [0.3, 0.4) is 0 Å². The third kappa shape index (κ3) is 9.44. The highest BCUT2D eigenvalue weighted by Gasteiger charge is 2.44. The number of ether oxygens (including phenoxy) is 1. The molecule has 0 spiro atoms. The number of aliphatic hydroxyl groups excluding tert-OH is 3. The van der Waals surface area contributed by atoms with E-state index in [1.54, 1.807) is 0 Å². The number of nitrogens with two attached hydrogens (primary N) is 1. The lowest BCUT2D eigenvalue weighted by atomic mass is 10.0. The molecular formula is C22H40N6O7. The van der Waals surface area contributed by atoms with Gasteiger partial charge in [-0.15, -0.1) is 0 Å². The smallest absolute Gasteiger partial charge is 0.328 e. The summed E-state index contributed by atoms with van der Waals surface area (Å²) in [5, 5.41) is 38.8. The average molecular weight is 501 g/mol. The second kappa shape index (κ2) is 15.8. The van der Waals surface area contributed by atoms with Crippen LogP contribution in [0.15, 0.2) is 15.8 Å². The minimum absolute atomic E-state index is 0.0147. The van der Waals surface area contributed by atoms with Gasteiger partial charge in [-0.3, -0.25) is 19.1 Å². The number of H-pyrrole nitrogens is 1. The Balaban J connectivity index is 1.67. The Morgan fingerprint density at radius 2 is 1.69 bits per heavy atom. The van der Waals surface area contributed by atoms with Crippen LogP contribution in [0.25, 0.3) is 0 Å². The van der Waals surface area contributed by atoms with Crippen molar-refractivity contribution in [2.24, 2.45) is 5.73 Å². The van der Waals surface area contributed by atoms with Gasteiger partial charge < -0.3 is 41.7 Å². The fourth-order valence-electron chi connectivity index (χ4n) is 3.78. The molecule has 0 saturated carbocycles. The largest absolute Gasteiger partial charge is 0.394 e. The molecule has 1 aromatic rings. The number of carbonyl (C=O) groups excluding carboxylic acids is 1. The van der Waals surface area contributed by atoms with Crippen molar-refractivity contribution in [3.05, 3.63) is 32.6 Å². The molecule has 1 aromatic heterocycles. The van der Waals surface area contributed by atoms with Gasteiger partial charge in [0.15, 0.2) is 0 Å². The minimum atomic E-state index is -1.44. The highest BCUT2D eigenvalue weighted by molar-refractivity contribution is 5.75. The maximum absolute atomic E-state index is 12.2. The fourth-order valence-corrected chi connectivity index (χ4v) is 3.78. The second-order valence-corrected chi connectivity index (χ2v) is 8.60. The van der Waals surface area contributed by atoms with E-state index < -0.39 is 42.3 Å². The third-order valence-electron chi connectivity index (χ3n) is 5.83. The summed E-state index contributed by atoms with van der Waals surface area (Å²) in [6, 6.07) is 0. The summed E-state index contributed by atoms with van der Waals surface area (Å²) in [5.41, 5.74) is 3.91. The van der Waals surface area contributed by atoms with Crippen LogP contribution in [0.2, 0.25) is 0 Å². The van der Waals surface area contributed by atoms with E-state index in [2.05, 4.69) is 20.9 Å². The number of amides is 1. The Hall–Kier alpha value is -2.13. The number of hydrogen-bond donors (Lipinski definition) is 8. The maximum atomic E-state index is 12.2. The topological polar surface area (TPSA) is 204 Å². The van der Waals surface area contributed by atoms with E-state index in [0.29, 0.717) is 13.1 Å².